The molecule has 1 nitrogen and oxygen atoms in total. The van der Waals surface area contributed by atoms with Gasteiger partial charge in [0.1, 0.15) is 5.82 Å². The highest BCUT2D eigenvalue weighted by Gasteiger charge is 2.23. The summed E-state index contributed by atoms with van der Waals surface area (Å²) < 4.78 is 39.0. The zero-order valence-electron chi connectivity index (χ0n) is 7.61. The maximum absolute atomic E-state index is 13.2. The molecule has 0 spiro atoms. The Labute approximate surface area is 84.2 Å². The quantitative estimate of drug-likeness (QED) is 0.642. The molecule has 1 aliphatic heterocycles. The molecule has 1 aliphatic rings. The molecule has 0 aromatic heterocycles. The SMILES string of the molecule is [2H]C1(Br)CCOc2c(F)cc(F)cc21. The van der Waals surface area contributed by atoms with Crippen LogP contribution < -0.4 is 4.74 Å². The number of ether oxygens (including phenoxy) is 1. The summed E-state index contributed by atoms with van der Waals surface area (Å²) in [6.45, 7) is 0.254. The molecule has 1 atom stereocenters. The van der Waals surface area contributed by atoms with E-state index < -0.39 is 16.4 Å². The van der Waals surface area contributed by atoms with E-state index in [0.29, 0.717) is 6.42 Å². The molecule has 0 N–H and O–H groups in total. The van der Waals surface area contributed by atoms with Gasteiger partial charge in [0.15, 0.2) is 11.6 Å². The Hall–Kier alpha value is -0.640. The van der Waals surface area contributed by atoms with Crippen LogP contribution in [-0.4, -0.2) is 6.61 Å². The van der Waals surface area contributed by atoms with Gasteiger partial charge < -0.3 is 4.74 Å². The van der Waals surface area contributed by atoms with Gasteiger partial charge in [0, 0.05) is 17.8 Å². The van der Waals surface area contributed by atoms with Gasteiger partial charge in [-0.15, -0.1) is 0 Å². The first-order valence-corrected chi connectivity index (χ1v) is 4.61. The van der Waals surface area contributed by atoms with Crippen molar-refractivity contribution in [1.82, 2.24) is 0 Å². The fraction of sp³-hybridized carbons (Fsp3) is 0.333. The van der Waals surface area contributed by atoms with Crippen LogP contribution in [0.25, 0.3) is 0 Å². The van der Waals surface area contributed by atoms with Gasteiger partial charge in [-0.1, -0.05) is 15.9 Å². The van der Waals surface area contributed by atoms with Gasteiger partial charge in [-0.2, -0.15) is 0 Å². The van der Waals surface area contributed by atoms with Crippen molar-refractivity contribution in [1.29, 1.82) is 0 Å². The zero-order chi connectivity index (χ0) is 10.3. The van der Waals surface area contributed by atoms with Gasteiger partial charge in [-0.05, 0) is 12.5 Å². The summed E-state index contributed by atoms with van der Waals surface area (Å²) in [7, 11) is 0. The summed E-state index contributed by atoms with van der Waals surface area (Å²) in [6, 6.07) is 1.88. The summed E-state index contributed by atoms with van der Waals surface area (Å²) in [4.78, 5) is -1.15. The predicted octanol–water partition coefficient (Wildman–Crippen LogP) is 3.18. The summed E-state index contributed by atoms with van der Waals surface area (Å²) in [5, 5.41) is 0. The molecule has 0 bridgehead atoms. The highest BCUT2D eigenvalue weighted by Crippen LogP contribution is 2.39. The molecular weight excluding hydrogens is 242 g/mol. The largest absolute Gasteiger partial charge is 0.490 e. The topological polar surface area (TPSA) is 9.23 Å². The Morgan fingerprint density at radius 1 is 1.54 bits per heavy atom. The van der Waals surface area contributed by atoms with E-state index in [9.17, 15) is 8.78 Å². The molecule has 0 fully saturated rings. The fourth-order valence-corrected chi connectivity index (χ4v) is 1.74. The van der Waals surface area contributed by atoms with Crippen molar-refractivity contribution < 1.29 is 14.9 Å². The number of alkyl halides is 1. The van der Waals surface area contributed by atoms with E-state index >= 15 is 0 Å². The van der Waals surface area contributed by atoms with Gasteiger partial charge in [-0.25, -0.2) is 8.78 Å². The number of fused-ring (bicyclic) bond motifs is 1. The van der Waals surface area contributed by atoms with Crippen LogP contribution in [0.2, 0.25) is 0 Å². The van der Waals surface area contributed by atoms with E-state index in [1.807, 2.05) is 0 Å². The summed E-state index contributed by atoms with van der Waals surface area (Å²) in [5.41, 5.74) is 0.209. The molecule has 0 aliphatic carbocycles. The predicted molar refractivity (Wildman–Crippen MR) is 48.1 cm³/mol. The van der Waals surface area contributed by atoms with E-state index in [2.05, 4.69) is 15.9 Å². The molecule has 0 saturated carbocycles. The fourth-order valence-electron chi connectivity index (χ4n) is 1.29. The summed E-state index contributed by atoms with van der Waals surface area (Å²) >= 11 is 3.11. The molecule has 1 unspecified atom stereocenters. The maximum atomic E-state index is 13.2. The Morgan fingerprint density at radius 2 is 2.31 bits per heavy atom. The van der Waals surface area contributed by atoms with E-state index in [-0.39, 0.29) is 17.9 Å². The van der Waals surface area contributed by atoms with E-state index in [0.717, 1.165) is 12.1 Å². The van der Waals surface area contributed by atoms with Crippen LogP contribution in [0, 0.1) is 11.6 Å². The van der Waals surface area contributed by atoms with Crippen LogP contribution in [0.5, 0.6) is 5.75 Å². The monoisotopic (exact) mass is 249 g/mol. The summed E-state index contributed by atoms with van der Waals surface area (Å²) in [6.07, 6.45) is 0.364. The van der Waals surface area contributed by atoms with Crippen LogP contribution in [0.4, 0.5) is 8.78 Å². The third-order valence-corrected chi connectivity index (χ3v) is 2.69. The number of rotatable bonds is 0. The second kappa shape index (κ2) is 3.25. The van der Waals surface area contributed by atoms with E-state index in [4.69, 9.17) is 6.11 Å². The normalized spacial score (nSPS) is 27.5. The van der Waals surface area contributed by atoms with Crippen LogP contribution in [0.1, 0.15) is 18.2 Å². The van der Waals surface area contributed by atoms with Crippen LogP contribution in [0.15, 0.2) is 12.1 Å². The number of hydrogen-bond acceptors (Lipinski definition) is 1. The van der Waals surface area contributed by atoms with Crippen molar-refractivity contribution in [2.24, 2.45) is 0 Å². The average Bonchev–Trinajstić information content (AvgIpc) is 2.06. The van der Waals surface area contributed by atoms with Gasteiger partial charge in [0.2, 0.25) is 0 Å². The average molecular weight is 250 g/mol. The lowest BCUT2D eigenvalue weighted by Crippen LogP contribution is -2.12. The van der Waals surface area contributed by atoms with Gasteiger partial charge in [-0.3, -0.25) is 0 Å². The lowest BCUT2D eigenvalue weighted by molar-refractivity contribution is 0.271. The summed E-state index contributed by atoms with van der Waals surface area (Å²) in [5.74, 6) is -1.47. The molecule has 0 saturated heterocycles. The standard InChI is InChI=1S/C9H7BrF2O/c10-7-1-2-13-9-6(7)3-5(11)4-8(9)12/h3-4,7H,1-2H2/i7D. The second-order valence-electron chi connectivity index (χ2n) is 2.77. The third kappa shape index (κ3) is 1.55. The molecule has 4 heteroatoms. The smallest absolute Gasteiger partial charge is 0.168 e. The zero-order valence-corrected chi connectivity index (χ0v) is 8.20. The molecule has 0 radical (unpaired) electrons. The maximum Gasteiger partial charge on any atom is 0.168 e. The van der Waals surface area contributed by atoms with Crippen molar-refractivity contribution in [3.8, 4) is 5.75 Å². The minimum atomic E-state index is -1.15. The molecule has 0 amide bonds. The van der Waals surface area contributed by atoms with Crippen LogP contribution >= 0.6 is 15.9 Å². The van der Waals surface area contributed by atoms with E-state index in [1.165, 1.54) is 0 Å². The number of halogens is 3. The van der Waals surface area contributed by atoms with Crippen molar-refractivity contribution in [3.63, 3.8) is 0 Å². The van der Waals surface area contributed by atoms with Gasteiger partial charge >= 0.3 is 0 Å². The highest BCUT2D eigenvalue weighted by molar-refractivity contribution is 9.09. The molecule has 1 aromatic rings. The Bertz CT molecular complexity index is 381. The lowest BCUT2D eigenvalue weighted by Gasteiger charge is -2.21. The first-order valence-electron chi connectivity index (χ1n) is 4.32. The Kier molecular flexibility index (Phi) is 1.94. The van der Waals surface area contributed by atoms with Crippen LogP contribution in [-0.2, 0) is 0 Å². The Morgan fingerprint density at radius 3 is 3.08 bits per heavy atom. The molecule has 13 heavy (non-hydrogen) atoms. The van der Waals surface area contributed by atoms with Gasteiger partial charge in [0.05, 0.1) is 6.61 Å². The molecule has 70 valence electrons. The van der Waals surface area contributed by atoms with Crippen molar-refractivity contribution in [2.75, 3.05) is 6.61 Å². The minimum absolute atomic E-state index is 0.0236. The highest BCUT2D eigenvalue weighted by atomic mass is 79.9. The molecule has 2 rings (SSSR count). The van der Waals surface area contributed by atoms with Crippen LogP contribution in [0.3, 0.4) is 0 Å². The van der Waals surface area contributed by atoms with Crippen molar-refractivity contribution in [2.45, 2.75) is 11.2 Å². The number of benzene rings is 1. The van der Waals surface area contributed by atoms with Crippen molar-refractivity contribution in [3.05, 3.63) is 29.3 Å². The second-order valence-corrected chi connectivity index (χ2v) is 3.72. The van der Waals surface area contributed by atoms with Crippen molar-refractivity contribution >= 4 is 15.9 Å². The number of hydrogen-bond donors (Lipinski definition) is 0. The Balaban J connectivity index is 2.63. The van der Waals surface area contributed by atoms with E-state index in [1.54, 1.807) is 0 Å². The third-order valence-electron chi connectivity index (χ3n) is 1.87. The molecule has 1 aromatic carbocycles. The molecule has 1 heterocycles. The minimum Gasteiger partial charge on any atom is -0.490 e. The molecular formula is C9H7BrF2O. The first kappa shape index (κ1) is 7.74. The van der Waals surface area contributed by atoms with Gasteiger partial charge in [0.25, 0.3) is 0 Å². The first-order chi connectivity index (χ1) is 6.50. The lowest BCUT2D eigenvalue weighted by atomic mass is 10.1.